The van der Waals surface area contributed by atoms with Gasteiger partial charge in [0.05, 0.1) is 0 Å². The topological polar surface area (TPSA) is 38.9 Å². The molecule has 2 aromatic rings. The molecule has 76 valence electrons. The van der Waals surface area contributed by atoms with E-state index in [1.807, 2.05) is 19.1 Å². The number of benzene rings is 1. The van der Waals surface area contributed by atoms with Gasteiger partial charge in [-0.05, 0) is 31.5 Å². The summed E-state index contributed by atoms with van der Waals surface area (Å²) in [6.45, 7) is 4.06. The van der Waals surface area contributed by atoms with Crippen molar-refractivity contribution in [2.75, 3.05) is 5.73 Å². The second-order valence-corrected chi connectivity index (χ2v) is 3.74. The molecular weight excluding hydrogens is 184 g/mol. The number of aryl methyl sites for hydroxylation is 2. The Kier molecular flexibility index (Phi) is 2.42. The number of hydrogen-bond acceptors (Lipinski definition) is 2. The van der Waals surface area contributed by atoms with E-state index in [0.717, 1.165) is 11.3 Å². The summed E-state index contributed by atoms with van der Waals surface area (Å²) >= 11 is 0. The van der Waals surface area contributed by atoms with Crippen LogP contribution in [0.25, 0.3) is 11.1 Å². The zero-order valence-electron chi connectivity index (χ0n) is 8.99. The maximum Gasteiger partial charge on any atom is 0.123 e. The summed E-state index contributed by atoms with van der Waals surface area (Å²) in [5, 5.41) is 0. The van der Waals surface area contributed by atoms with Crippen molar-refractivity contribution in [1.82, 2.24) is 4.98 Å². The van der Waals surface area contributed by atoms with E-state index >= 15 is 0 Å². The number of rotatable bonds is 1. The lowest BCUT2D eigenvalue weighted by Gasteiger charge is -2.06. The minimum atomic E-state index is 0.573. The summed E-state index contributed by atoms with van der Waals surface area (Å²) in [4.78, 5) is 4.25. The first-order valence-corrected chi connectivity index (χ1v) is 4.97. The van der Waals surface area contributed by atoms with Gasteiger partial charge in [0.25, 0.3) is 0 Å². The molecule has 0 radical (unpaired) electrons. The average molecular weight is 198 g/mol. The number of aromatic nitrogens is 1. The zero-order valence-corrected chi connectivity index (χ0v) is 8.99. The summed E-state index contributed by atoms with van der Waals surface area (Å²) in [5.74, 6) is 0.573. The molecule has 0 unspecified atom stereocenters. The van der Waals surface area contributed by atoms with Crippen LogP contribution in [-0.2, 0) is 0 Å². The van der Waals surface area contributed by atoms with Gasteiger partial charge in [0.2, 0.25) is 0 Å². The van der Waals surface area contributed by atoms with E-state index in [0.29, 0.717) is 5.82 Å². The lowest BCUT2D eigenvalue weighted by atomic mass is 10.0. The van der Waals surface area contributed by atoms with Crippen molar-refractivity contribution in [1.29, 1.82) is 0 Å². The van der Waals surface area contributed by atoms with Crippen molar-refractivity contribution in [2.24, 2.45) is 0 Å². The Hall–Kier alpha value is -1.83. The second kappa shape index (κ2) is 3.73. The second-order valence-electron chi connectivity index (χ2n) is 3.74. The molecule has 1 aromatic carbocycles. The van der Waals surface area contributed by atoms with Crippen LogP contribution in [0.1, 0.15) is 11.3 Å². The van der Waals surface area contributed by atoms with Gasteiger partial charge in [-0.2, -0.15) is 0 Å². The molecule has 0 saturated carbocycles. The summed E-state index contributed by atoms with van der Waals surface area (Å²) in [5.41, 5.74) is 10.2. The van der Waals surface area contributed by atoms with E-state index in [2.05, 4.69) is 36.2 Å². The molecule has 2 N–H and O–H groups in total. The smallest absolute Gasteiger partial charge is 0.123 e. The van der Waals surface area contributed by atoms with E-state index in [4.69, 9.17) is 5.73 Å². The molecule has 0 fully saturated rings. The molecule has 0 aliphatic heterocycles. The Morgan fingerprint density at radius 3 is 2.20 bits per heavy atom. The maximum absolute atomic E-state index is 5.62. The minimum absolute atomic E-state index is 0.573. The van der Waals surface area contributed by atoms with Crippen molar-refractivity contribution in [3.8, 4) is 11.1 Å². The molecule has 2 rings (SSSR count). The van der Waals surface area contributed by atoms with Crippen LogP contribution >= 0.6 is 0 Å². The van der Waals surface area contributed by atoms with Crippen LogP contribution in [0.3, 0.4) is 0 Å². The highest BCUT2D eigenvalue weighted by molar-refractivity contribution is 5.67. The lowest BCUT2D eigenvalue weighted by molar-refractivity contribution is 1.21. The first kappa shape index (κ1) is 9.71. The van der Waals surface area contributed by atoms with Crippen LogP contribution in [0.15, 0.2) is 36.4 Å². The van der Waals surface area contributed by atoms with Gasteiger partial charge < -0.3 is 5.73 Å². The van der Waals surface area contributed by atoms with Crippen molar-refractivity contribution in [3.05, 3.63) is 47.7 Å². The molecule has 0 aliphatic rings. The number of nitrogens with two attached hydrogens (primary N) is 1. The molecule has 1 aromatic heterocycles. The highest BCUT2D eigenvalue weighted by atomic mass is 14.8. The Morgan fingerprint density at radius 2 is 1.60 bits per heavy atom. The molecular formula is C13H14N2. The van der Waals surface area contributed by atoms with Crippen LogP contribution in [0.2, 0.25) is 0 Å². The van der Waals surface area contributed by atoms with Crippen molar-refractivity contribution in [2.45, 2.75) is 13.8 Å². The molecule has 1 heterocycles. The number of anilines is 1. The molecule has 0 spiro atoms. The third-order valence-electron chi connectivity index (χ3n) is 2.47. The Labute approximate surface area is 89.8 Å². The zero-order chi connectivity index (χ0) is 10.8. The monoisotopic (exact) mass is 198 g/mol. The predicted molar refractivity (Wildman–Crippen MR) is 63.6 cm³/mol. The quantitative estimate of drug-likeness (QED) is 0.765. The highest BCUT2D eigenvalue weighted by Gasteiger charge is 2.02. The van der Waals surface area contributed by atoms with Crippen LogP contribution in [0, 0.1) is 13.8 Å². The number of hydrogen-bond donors (Lipinski definition) is 1. The predicted octanol–water partition coefficient (Wildman–Crippen LogP) is 2.95. The maximum atomic E-state index is 5.62. The number of pyridine rings is 1. The molecule has 2 heteroatoms. The van der Waals surface area contributed by atoms with Crippen LogP contribution in [0.4, 0.5) is 5.82 Å². The highest BCUT2D eigenvalue weighted by Crippen LogP contribution is 2.23. The largest absolute Gasteiger partial charge is 0.384 e. The van der Waals surface area contributed by atoms with Gasteiger partial charge >= 0.3 is 0 Å². The average Bonchev–Trinajstić information content (AvgIpc) is 2.20. The van der Waals surface area contributed by atoms with E-state index < -0.39 is 0 Å². The molecule has 0 saturated heterocycles. The van der Waals surface area contributed by atoms with E-state index in [1.165, 1.54) is 11.1 Å². The Morgan fingerprint density at radius 1 is 0.933 bits per heavy atom. The van der Waals surface area contributed by atoms with Crippen molar-refractivity contribution in [3.63, 3.8) is 0 Å². The molecule has 0 atom stereocenters. The Bertz CT molecular complexity index is 472. The fourth-order valence-corrected chi connectivity index (χ4v) is 1.62. The van der Waals surface area contributed by atoms with Gasteiger partial charge in [0, 0.05) is 11.3 Å². The van der Waals surface area contributed by atoms with Gasteiger partial charge in [-0.1, -0.05) is 29.8 Å². The summed E-state index contributed by atoms with van der Waals surface area (Å²) in [7, 11) is 0. The molecule has 2 nitrogen and oxygen atoms in total. The minimum Gasteiger partial charge on any atom is -0.384 e. The first-order valence-electron chi connectivity index (χ1n) is 4.97. The standard InChI is InChI=1S/C13H14N2/c1-9-3-5-11(6-4-9)12-7-8-13(14)15-10(12)2/h3-8H,1-2H3,(H2,14,15). The summed E-state index contributed by atoms with van der Waals surface area (Å²) < 4.78 is 0. The normalized spacial score (nSPS) is 10.3. The Balaban J connectivity index is 2.49. The number of nitrogens with zero attached hydrogens (tertiary/aromatic N) is 1. The molecule has 0 amide bonds. The molecule has 0 bridgehead atoms. The first-order chi connectivity index (χ1) is 7.16. The summed E-state index contributed by atoms with van der Waals surface area (Å²) in [6, 6.07) is 12.3. The van der Waals surface area contributed by atoms with Crippen LogP contribution in [-0.4, -0.2) is 4.98 Å². The van der Waals surface area contributed by atoms with Gasteiger partial charge in [-0.3, -0.25) is 0 Å². The SMILES string of the molecule is Cc1ccc(-c2ccc(N)nc2C)cc1. The van der Waals surface area contributed by atoms with Crippen molar-refractivity contribution >= 4 is 5.82 Å². The van der Waals surface area contributed by atoms with Crippen molar-refractivity contribution < 1.29 is 0 Å². The fraction of sp³-hybridized carbons (Fsp3) is 0.154. The van der Waals surface area contributed by atoms with Gasteiger partial charge in [-0.25, -0.2) is 4.98 Å². The van der Waals surface area contributed by atoms with E-state index in [9.17, 15) is 0 Å². The van der Waals surface area contributed by atoms with Gasteiger partial charge in [0.15, 0.2) is 0 Å². The van der Waals surface area contributed by atoms with Gasteiger partial charge in [-0.15, -0.1) is 0 Å². The van der Waals surface area contributed by atoms with E-state index in [1.54, 1.807) is 0 Å². The third kappa shape index (κ3) is 1.99. The summed E-state index contributed by atoms with van der Waals surface area (Å²) in [6.07, 6.45) is 0. The third-order valence-corrected chi connectivity index (χ3v) is 2.47. The van der Waals surface area contributed by atoms with Crippen LogP contribution in [0.5, 0.6) is 0 Å². The lowest BCUT2D eigenvalue weighted by Crippen LogP contribution is -1.94. The van der Waals surface area contributed by atoms with E-state index in [-0.39, 0.29) is 0 Å². The van der Waals surface area contributed by atoms with Crippen LogP contribution < -0.4 is 5.73 Å². The number of nitrogen functional groups attached to an aromatic ring is 1. The fourth-order valence-electron chi connectivity index (χ4n) is 1.62. The van der Waals surface area contributed by atoms with Gasteiger partial charge in [0.1, 0.15) is 5.82 Å². The molecule has 15 heavy (non-hydrogen) atoms. The molecule has 0 aliphatic carbocycles.